The van der Waals surface area contributed by atoms with Crippen molar-refractivity contribution < 1.29 is 14.4 Å². The van der Waals surface area contributed by atoms with E-state index in [4.69, 9.17) is 21.2 Å². The lowest BCUT2D eigenvalue weighted by atomic mass is 10.2. The van der Waals surface area contributed by atoms with Gasteiger partial charge in [-0.15, -0.1) is 0 Å². The highest BCUT2D eigenvalue weighted by Gasteiger charge is 2.17. The van der Waals surface area contributed by atoms with Crippen LogP contribution in [0.5, 0.6) is 5.75 Å². The van der Waals surface area contributed by atoms with Crippen LogP contribution in [0.25, 0.3) is 0 Å². The second-order valence-corrected chi connectivity index (χ2v) is 5.18. The van der Waals surface area contributed by atoms with Gasteiger partial charge in [0, 0.05) is 5.02 Å². The molecule has 0 spiro atoms. The fourth-order valence-corrected chi connectivity index (χ4v) is 2.33. The second kappa shape index (κ2) is 6.78. The normalized spacial score (nSPS) is 15.5. The van der Waals surface area contributed by atoms with Crippen molar-refractivity contribution in [2.45, 2.75) is 38.7 Å². The third-order valence-corrected chi connectivity index (χ3v) is 3.37. The molecule has 0 bridgehead atoms. The number of amides is 1. The molecule has 1 N–H and O–H groups in total. The molecular weight excluding hydrogens is 266 g/mol. The number of benzene rings is 1. The smallest absolute Gasteiger partial charge is 0.281 e. The summed E-state index contributed by atoms with van der Waals surface area (Å²) in [7, 11) is 0. The predicted octanol–water partition coefficient (Wildman–Crippen LogP) is 3.02. The van der Waals surface area contributed by atoms with Gasteiger partial charge in [-0.2, -0.15) is 0 Å². The molecule has 2 rings (SSSR count). The molecule has 104 valence electrons. The van der Waals surface area contributed by atoms with Crippen molar-refractivity contribution >= 4 is 17.5 Å². The molecule has 1 aromatic rings. The molecule has 1 amide bonds. The van der Waals surface area contributed by atoms with Crippen molar-refractivity contribution in [3.05, 3.63) is 28.8 Å². The number of rotatable bonds is 5. The Bertz CT molecular complexity index is 444. The molecule has 0 unspecified atom stereocenters. The first-order valence-corrected chi connectivity index (χ1v) is 6.86. The molecule has 0 heterocycles. The van der Waals surface area contributed by atoms with Crippen molar-refractivity contribution in [1.82, 2.24) is 5.48 Å². The molecular formula is C14H18ClNO3. The molecule has 1 aliphatic carbocycles. The Labute approximate surface area is 118 Å². The molecule has 4 nitrogen and oxygen atoms in total. The number of ether oxygens (including phenoxy) is 1. The first kappa shape index (κ1) is 14.2. The third kappa shape index (κ3) is 4.40. The number of aryl methyl sites for hydroxylation is 1. The van der Waals surface area contributed by atoms with Crippen LogP contribution >= 0.6 is 11.6 Å². The summed E-state index contributed by atoms with van der Waals surface area (Å²) in [6.45, 7) is 1.82. The minimum absolute atomic E-state index is 0.0603. The predicted molar refractivity (Wildman–Crippen MR) is 73.2 cm³/mol. The van der Waals surface area contributed by atoms with Gasteiger partial charge in [0.1, 0.15) is 5.75 Å². The van der Waals surface area contributed by atoms with Crippen LogP contribution in [0, 0.1) is 6.92 Å². The van der Waals surface area contributed by atoms with Crippen LogP contribution in [0.4, 0.5) is 0 Å². The average Bonchev–Trinajstić information content (AvgIpc) is 2.88. The Morgan fingerprint density at radius 1 is 1.42 bits per heavy atom. The van der Waals surface area contributed by atoms with Gasteiger partial charge in [0.15, 0.2) is 6.61 Å². The summed E-state index contributed by atoms with van der Waals surface area (Å²) in [6.07, 6.45) is 4.51. The maximum Gasteiger partial charge on any atom is 0.281 e. The Kier molecular flexibility index (Phi) is 5.05. The SMILES string of the molecule is Cc1cc(Cl)ccc1OCC(=O)NOC1CCCC1. The van der Waals surface area contributed by atoms with E-state index in [0.717, 1.165) is 18.4 Å². The minimum atomic E-state index is -0.277. The highest BCUT2D eigenvalue weighted by atomic mass is 35.5. The number of halogens is 1. The third-order valence-electron chi connectivity index (χ3n) is 3.14. The number of carbonyl (C=O) groups is 1. The van der Waals surface area contributed by atoms with Crippen LogP contribution < -0.4 is 10.2 Å². The number of hydroxylamine groups is 1. The zero-order chi connectivity index (χ0) is 13.7. The number of nitrogens with one attached hydrogen (secondary N) is 1. The Morgan fingerprint density at radius 3 is 2.84 bits per heavy atom. The summed E-state index contributed by atoms with van der Waals surface area (Å²) in [5.74, 6) is 0.377. The van der Waals surface area contributed by atoms with E-state index in [9.17, 15) is 4.79 Å². The molecule has 5 heteroatoms. The molecule has 1 aromatic carbocycles. The van der Waals surface area contributed by atoms with E-state index >= 15 is 0 Å². The molecule has 1 saturated carbocycles. The summed E-state index contributed by atoms with van der Waals surface area (Å²) in [6, 6.07) is 5.28. The lowest BCUT2D eigenvalue weighted by Crippen LogP contribution is -2.32. The van der Waals surface area contributed by atoms with E-state index in [1.54, 1.807) is 18.2 Å². The quantitative estimate of drug-likeness (QED) is 0.845. The van der Waals surface area contributed by atoms with Gasteiger partial charge in [-0.05, 0) is 43.5 Å². The fraction of sp³-hybridized carbons (Fsp3) is 0.500. The van der Waals surface area contributed by atoms with E-state index in [2.05, 4.69) is 5.48 Å². The Hall–Kier alpha value is -1.26. The first-order valence-electron chi connectivity index (χ1n) is 6.48. The van der Waals surface area contributed by atoms with Gasteiger partial charge in [0.05, 0.1) is 6.10 Å². The zero-order valence-corrected chi connectivity index (χ0v) is 11.7. The van der Waals surface area contributed by atoms with Crippen molar-refractivity contribution in [2.24, 2.45) is 0 Å². The number of carbonyl (C=O) groups excluding carboxylic acids is 1. The van der Waals surface area contributed by atoms with E-state index in [0.29, 0.717) is 10.8 Å². The van der Waals surface area contributed by atoms with Crippen molar-refractivity contribution in [2.75, 3.05) is 6.61 Å². The van der Waals surface area contributed by atoms with Gasteiger partial charge in [-0.25, -0.2) is 5.48 Å². The van der Waals surface area contributed by atoms with Gasteiger partial charge >= 0.3 is 0 Å². The monoisotopic (exact) mass is 283 g/mol. The standard InChI is InChI=1S/C14H18ClNO3/c1-10-8-11(15)6-7-13(10)18-9-14(17)16-19-12-4-2-3-5-12/h6-8,12H,2-5,9H2,1H3,(H,16,17). The maximum absolute atomic E-state index is 11.6. The van der Waals surface area contributed by atoms with Gasteiger partial charge < -0.3 is 4.74 Å². The van der Waals surface area contributed by atoms with E-state index in [1.807, 2.05) is 6.92 Å². The largest absolute Gasteiger partial charge is 0.483 e. The van der Waals surface area contributed by atoms with Crippen LogP contribution in [0.1, 0.15) is 31.2 Å². The lowest BCUT2D eigenvalue weighted by Gasteiger charge is -2.12. The van der Waals surface area contributed by atoms with Crippen LogP contribution in [0.15, 0.2) is 18.2 Å². The molecule has 0 aromatic heterocycles. The van der Waals surface area contributed by atoms with Crippen LogP contribution in [0.2, 0.25) is 5.02 Å². The summed E-state index contributed by atoms with van der Waals surface area (Å²) in [4.78, 5) is 16.9. The van der Waals surface area contributed by atoms with Crippen molar-refractivity contribution in [1.29, 1.82) is 0 Å². The molecule has 1 fully saturated rings. The highest BCUT2D eigenvalue weighted by Crippen LogP contribution is 2.22. The molecule has 1 aliphatic rings. The Morgan fingerprint density at radius 2 is 2.16 bits per heavy atom. The fourth-order valence-electron chi connectivity index (χ4n) is 2.10. The Balaban J connectivity index is 1.73. The minimum Gasteiger partial charge on any atom is -0.483 e. The zero-order valence-electron chi connectivity index (χ0n) is 10.9. The summed E-state index contributed by atoms with van der Waals surface area (Å²) < 4.78 is 5.42. The topological polar surface area (TPSA) is 47.6 Å². The highest BCUT2D eigenvalue weighted by molar-refractivity contribution is 6.30. The van der Waals surface area contributed by atoms with Crippen molar-refractivity contribution in [3.8, 4) is 5.75 Å². The van der Waals surface area contributed by atoms with Crippen LogP contribution in [-0.2, 0) is 9.63 Å². The van der Waals surface area contributed by atoms with Crippen LogP contribution in [0.3, 0.4) is 0 Å². The van der Waals surface area contributed by atoms with Gasteiger partial charge in [-0.1, -0.05) is 24.4 Å². The van der Waals surface area contributed by atoms with E-state index in [-0.39, 0.29) is 18.6 Å². The molecule has 19 heavy (non-hydrogen) atoms. The van der Waals surface area contributed by atoms with Gasteiger partial charge in [-0.3, -0.25) is 9.63 Å². The molecule has 0 saturated heterocycles. The first-order chi connectivity index (χ1) is 9.15. The summed E-state index contributed by atoms with van der Waals surface area (Å²) >= 11 is 5.85. The average molecular weight is 284 g/mol. The second-order valence-electron chi connectivity index (χ2n) is 4.75. The lowest BCUT2D eigenvalue weighted by molar-refractivity contribution is -0.140. The summed E-state index contributed by atoms with van der Waals surface area (Å²) in [5.41, 5.74) is 3.34. The molecule has 0 aliphatic heterocycles. The number of hydrogen-bond donors (Lipinski definition) is 1. The molecule has 0 atom stereocenters. The van der Waals surface area contributed by atoms with E-state index < -0.39 is 0 Å². The van der Waals surface area contributed by atoms with E-state index in [1.165, 1.54) is 12.8 Å². The maximum atomic E-state index is 11.6. The van der Waals surface area contributed by atoms with Gasteiger partial charge in [0.2, 0.25) is 0 Å². The number of hydrogen-bond acceptors (Lipinski definition) is 3. The van der Waals surface area contributed by atoms with Gasteiger partial charge in [0.25, 0.3) is 5.91 Å². The van der Waals surface area contributed by atoms with Crippen molar-refractivity contribution in [3.63, 3.8) is 0 Å². The van der Waals surface area contributed by atoms with Crippen LogP contribution in [-0.4, -0.2) is 18.6 Å². The molecule has 0 radical (unpaired) electrons. The summed E-state index contributed by atoms with van der Waals surface area (Å²) in [5, 5.41) is 0.652.